The van der Waals surface area contributed by atoms with E-state index >= 15 is 0 Å². The highest BCUT2D eigenvalue weighted by molar-refractivity contribution is 5.73. The van der Waals surface area contributed by atoms with Crippen molar-refractivity contribution in [3.8, 4) is 0 Å². The van der Waals surface area contributed by atoms with Crippen molar-refractivity contribution in [2.24, 2.45) is 0 Å². The molecule has 0 aliphatic carbocycles. The summed E-state index contributed by atoms with van der Waals surface area (Å²) in [6.07, 6.45) is 0. The third kappa shape index (κ3) is 4.08. The van der Waals surface area contributed by atoms with Crippen LogP contribution in [0, 0.1) is 11.6 Å². The average molecular weight is 244 g/mol. The van der Waals surface area contributed by atoms with Crippen LogP contribution in [0.15, 0.2) is 18.2 Å². The van der Waals surface area contributed by atoms with Gasteiger partial charge < -0.3 is 15.7 Å². The second kappa shape index (κ2) is 6.27. The molecule has 1 aromatic carbocycles. The molecular formula is C11H14F2N2O2. The lowest BCUT2D eigenvalue weighted by Crippen LogP contribution is -2.42. The quantitative estimate of drug-likeness (QED) is 0.690. The van der Waals surface area contributed by atoms with E-state index in [1.807, 2.05) is 0 Å². The molecule has 0 fully saturated rings. The Labute approximate surface area is 97.6 Å². The Morgan fingerprint density at radius 3 is 2.71 bits per heavy atom. The first-order valence-corrected chi connectivity index (χ1v) is 5.09. The van der Waals surface area contributed by atoms with Crippen LogP contribution >= 0.6 is 0 Å². The first-order valence-electron chi connectivity index (χ1n) is 5.09. The summed E-state index contributed by atoms with van der Waals surface area (Å²) in [5.41, 5.74) is 0.298. The van der Waals surface area contributed by atoms with Crippen molar-refractivity contribution >= 4 is 5.97 Å². The maximum absolute atomic E-state index is 13.2. The molecule has 0 saturated carbocycles. The van der Waals surface area contributed by atoms with Crippen LogP contribution in [0.25, 0.3) is 0 Å². The van der Waals surface area contributed by atoms with Gasteiger partial charge >= 0.3 is 5.97 Å². The minimum absolute atomic E-state index is 0.150. The van der Waals surface area contributed by atoms with Crippen molar-refractivity contribution in [2.75, 3.05) is 13.6 Å². The number of halogens is 2. The van der Waals surface area contributed by atoms with E-state index < -0.39 is 23.6 Å². The fourth-order valence-corrected chi connectivity index (χ4v) is 1.33. The Hall–Kier alpha value is -1.53. The van der Waals surface area contributed by atoms with Gasteiger partial charge in [-0.25, -0.2) is 8.78 Å². The Morgan fingerprint density at radius 1 is 1.47 bits per heavy atom. The standard InChI is InChI=1S/C11H14F2N2O2/c1-14-10(11(16)17)6-15-5-7-2-3-8(12)4-9(7)13/h2-4,10,14-15H,5-6H2,1H3,(H,16,17). The van der Waals surface area contributed by atoms with Crippen molar-refractivity contribution in [3.63, 3.8) is 0 Å². The fraction of sp³-hybridized carbons (Fsp3) is 0.364. The lowest BCUT2D eigenvalue weighted by atomic mass is 10.2. The SMILES string of the molecule is CNC(CNCc1ccc(F)cc1F)C(=O)O. The second-order valence-corrected chi connectivity index (χ2v) is 3.55. The molecule has 1 unspecified atom stereocenters. The summed E-state index contributed by atoms with van der Waals surface area (Å²) in [4.78, 5) is 10.7. The maximum atomic E-state index is 13.2. The Kier molecular flexibility index (Phi) is 4.99. The highest BCUT2D eigenvalue weighted by Gasteiger charge is 2.14. The van der Waals surface area contributed by atoms with E-state index in [-0.39, 0.29) is 13.1 Å². The van der Waals surface area contributed by atoms with E-state index in [1.165, 1.54) is 13.1 Å². The van der Waals surface area contributed by atoms with E-state index in [0.29, 0.717) is 5.56 Å². The van der Waals surface area contributed by atoms with Gasteiger partial charge in [-0.05, 0) is 13.1 Å². The fourth-order valence-electron chi connectivity index (χ4n) is 1.33. The molecule has 0 aliphatic rings. The molecule has 1 rings (SSSR count). The van der Waals surface area contributed by atoms with Crippen LogP contribution in [0.3, 0.4) is 0 Å². The number of likely N-dealkylation sites (N-methyl/N-ethyl adjacent to an activating group) is 1. The number of hydrogen-bond acceptors (Lipinski definition) is 3. The minimum atomic E-state index is -0.987. The molecule has 0 heterocycles. The van der Waals surface area contributed by atoms with Gasteiger partial charge in [-0.2, -0.15) is 0 Å². The molecule has 94 valence electrons. The maximum Gasteiger partial charge on any atom is 0.322 e. The number of nitrogens with one attached hydrogen (secondary N) is 2. The number of carboxylic acids is 1. The first-order chi connectivity index (χ1) is 8.04. The van der Waals surface area contributed by atoms with Gasteiger partial charge in [0.05, 0.1) is 0 Å². The van der Waals surface area contributed by atoms with Crippen LogP contribution in [0.4, 0.5) is 8.78 Å². The van der Waals surface area contributed by atoms with Gasteiger partial charge in [0.15, 0.2) is 0 Å². The summed E-state index contributed by atoms with van der Waals surface area (Å²) >= 11 is 0. The van der Waals surface area contributed by atoms with Gasteiger partial charge in [0.2, 0.25) is 0 Å². The normalized spacial score (nSPS) is 12.4. The van der Waals surface area contributed by atoms with Crippen LogP contribution in [0.5, 0.6) is 0 Å². The summed E-state index contributed by atoms with van der Waals surface area (Å²) in [5.74, 6) is -2.27. The number of benzene rings is 1. The highest BCUT2D eigenvalue weighted by Crippen LogP contribution is 2.08. The molecule has 0 aliphatic heterocycles. The zero-order valence-electron chi connectivity index (χ0n) is 9.34. The molecule has 0 bridgehead atoms. The third-order valence-corrected chi connectivity index (χ3v) is 2.33. The summed E-state index contributed by atoms with van der Waals surface area (Å²) in [6, 6.07) is 2.54. The van der Waals surface area contributed by atoms with Crippen LogP contribution in [-0.4, -0.2) is 30.7 Å². The molecule has 6 heteroatoms. The first kappa shape index (κ1) is 13.5. The molecule has 1 aromatic rings. The van der Waals surface area contributed by atoms with Gasteiger partial charge in [-0.15, -0.1) is 0 Å². The van der Waals surface area contributed by atoms with Gasteiger partial charge in [-0.1, -0.05) is 6.07 Å². The van der Waals surface area contributed by atoms with E-state index in [1.54, 1.807) is 0 Å². The second-order valence-electron chi connectivity index (χ2n) is 3.55. The average Bonchev–Trinajstić information content (AvgIpc) is 2.26. The monoisotopic (exact) mass is 244 g/mol. The predicted octanol–water partition coefficient (Wildman–Crippen LogP) is 0.727. The molecule has 3 N–H and O–H groups in total. The van der Waals surface area contributed by atoms with Gasteiger partial charge in [0, 0.05) is 24.7 Å². The van der Waals surface area contributed by atoms with Crippen LogP contribution in [0.1, 0.15) is 5.56 Å². The van der Waals surface area contributed by atoms with E-state index in [9.17, 15) is 13.6 Å². The van der Waals surface area contributed by atoms with Gasteiger partial charge in [0.1, 0.15) is 17.7 Å². The van der Waals surface area contributed by atoms with Crippen LogP contribution < -0.4 is 10.6 Å². The third-order valence-electron chi connectivity index (χ3n) is 2.33. The number of rotatable bonds is 6. The molecule has 4 nitrogen and oxygen atoms in total. The predicted molar refractivity (Wildman–Crippen MR) is 58.5 cm³/mol. The van der Waals surface area contributed by atoms with Crippen LogP contribution in [-0.2, 0) is 11.3 Å². The summed E-state index contributed by atoms with van der Waals surface area (Å²) in [6.45, 7) is 0.306. The Morgan fingerprint density at radius 2 is 2.18 bits per heavy atom. The van der Waals surface area contributed by atoms with E-state index in [4.69, 9.17) is 5.11 Å². The van der Waals surface area contributed by atoms with Crippen LogP contribution in [0.2, 0.25) is 0 Å². The Bertz CT molecular complexity index is 399. The van der Waals surface area contributed by atoms with Crippen molar-refractivity contribution < 1.29 is 18.7 Å². The minimum Gasteiger partial charge on any atom is -0.480 e. The summed E-state index contributed by atoms with van der Waals surface area (Å²) < 4.78 is 25.8. The summed E-state index contributed by atoms with van der Waals surface area (Å²) in [7, 11) is 1.53. The van der Waals surface area contributed by atoms with Crippen molar-refractivity contribution in [2.45, 2.75) is 12.6 Å². The van der Waals surface area contributed by atoms with E-state index in [0.717, 1.165) is 12.1 Å². The van der Waals surface area contributed by atoms with Crippen molar-refractivity contribution in [1.29, 1.82) is 0 Å². The zero-order valence-corrected chi connectivity index (χ0v) is 9.34. The topological polar surface area (TPSA) is 61.4 Å². The molecule has 1 atom stereocenters. The number of carboxylic acid groups (broad SMARTS) is 1. The molecule has 0 amide bonds. The molecular weight excluding hydrogens is 230 g/mol. The molecule has 0 radical (unpaired) electrons. The van der Waals surface area contributed by atoms with E-state index in [2.05, 4.69) is 10.6 Å². The molecule has 0 aromatic heterocycles. The smallest absolute Gasteiger partial charge is 0.322 e. The largest absolute Gasteiger partial charge is 0.480 e. The zero-order chi connectivity index (χ0) is 12.8. The molecule has 0 saturated heterocycles. The Balaban J connectivity index is 2.48. The number of hydrogen-bond donors (Lipinski definition) is 3. The van der Waals surface area contributed by atoms with Crippen molar-refractivity contribution in [1.82, 2.24) is 10.6 Å². The molecule has 17 heavy (non-hydrogen) atoms. The van der Waals surface area contributed by atoms with Crippen molar-refractivity contribution in [3.05, 3.63) is 35.4 Å². The van der Waals surface area contributed by atoms with Gasteiger partial charge in [-0.3, -0.25) is 4.79 Å². The lowest BCUT2D eigenvalue weighted by molar-refractivity contribution is -0.139. The summed E-state index contributed by atoms with van der Waals surface area (Å²) in [5, 5.41) is 14.1. The number of carbonyl (C=O) groups is 1. The van der Waals surface area contributed by atoms with Gasteiger partial charge in [0.25, 0.3) is 0 Å². The highest BCUT2D eigenvalue weighted by atomic mass is 19.1. The lowest BCUT2D eigenvalue weighted by Gasteiger charge is -2.12. The number of aliphatic carboxylic acids is 1. The molecule has 0 spiro atoms.